The van der Waals surface area contributed by atoms with Crippen molar-refractivity contribution in [2.75, 3.05) is 5.73 Å². The van der Waals surface area contributed by atoms with Gasteiger partial charge in [-0.25, -0.2) is 0 Å². The lowest BCUT2D eigenvalue weighted by Gasteiger charge is -2.06. The van der Waals surface area contributed by atoms with Gasteiger partial charge in [0.2, 0.25) is 0 Å². The third-order valence-corrected chi connectivity index (χ3v) is 2.45. The molecule has 0 aliphatic heterocycles. The molecular formula is C13H9ClN2O. The molecule has 0 spiro atoms. The van der Waals surface area contributed by atoms with Crippen molar-refractivity contribution < 1.29 is 4.74 Å². The minimum absolute atomic E-state index is 0.400. The molecule has 0 radical (unpaired) electrons. The Labute approximate surface area is 104 Å². The van der Waals surface area contributed by atoms with Crippen molar-refractivity contribution in [3.05, 3.63) is 53.1 Å². The van der Waals surface area contributed by atoms with Gasteiger partial charge < -0.3 is 10.5 Å². The largest absolute Gasteiger partial charge is 0.457 e. The van der Waals surface area contributed by atoms with Crippen molar-refractivity contribution in [2.45, 2.75) is 0 Å². The Balaban J connectivity index is 2.25. The second-order valence-electron chi connectivity index (χ2n) is 3.42. The zero-order valence-electron chi connectivity index (χ0n) is 8.85. The molecule has 0 atom stereocenters. The summed E-state index contributed by atoms with van der Waals surface area (Å²) in [4.78, 5) is 0. The molecule has 2 N–H and O–H groups in total. The number of halogens is 1. The first-order valence-corrected chi connectivity index (χ1v) is 5.30. The summed E-state index contributed by atoms with van der Waals surface area (Å²) in [6.45, 7) is 0. The lowest BCUT2D eigenvalue weighted by atomic mass is 10.2. The summed E-state index contributed by atoms with van der Waals surface area (Å²) in [5.74, 6) is 1.22. The third-order valence-electron chi connectivity index (χ3n) is 2.19. The number of hydrogen-bond donors (Lipinski definition) is 1. The van der Waals surface area contributed by atoms with Crippen LogP contribution in [0.25, 0.3) is 0 Å². The maximum absolute atomic E-state index is 8.84. The van der Waals surface area contributed by atoms with Gasteiger partial charge in [-0.2, -0.15) is 5.26 Å². The van der Waals surface area contributed by atoms with Crippen LogP contribution in [0.5, 0.6) is 11.5 Å². The molecule has 3 nitrogen and oxygen atoms in total. The third kappa shape index (κ3) is 2.68. The van der Waals surface area contributed by atoms with Crippen LogP contribution >= 0.6 is 11.6 Å². The summed E-state index contributed by atoms with van der Waals surface area (Å²) in [6, 6.07) is 13.9. The molecule has 84 valence electrons. The highest BCUT2D eigenvalue weighted by Crippen LogP contribution is 2.25. The van der Waals surface area contributed by atoms with Crippen molar-refractivity contribution >= 4 is 17.3 Å². The fourth-order valence-corrected chi connectivity index (χ4v) is 1.46. The summed E-state index contributed by atoms with van der Waals surface area (Å²) in [5.41, 5.74) is 6.46. The number of nitrogens with zero attached hydrogens (tertiary/aromatic N) is 1. The van der Waals surface area contributed by atoms with Gasteiger partial charge in [0, 0.05) is 16.8 Å². The van der Waals surface area contributed by atoms with Crippen LogP contribution in [-0.4, -0.2) is 0 Å². The number of nitrogens with two attached hydrogens (primary N) is 1. The molecular weight excluding hydrogens is 236 g/mol. The molecule has 0 aromatic heterocycles. The van der Waals surface area contributed by atoms with Gasteiger partial charge in [0.25, 0.3) is 0 Å². The average molecular weight is 245 g/mol. The molecule has 0 unspecified atom stereocenters. The summed E-state index contributed by atoms with van der Waals surface area (Å²) in [5, 5.41) is 9.49. The first-order valence-electron chi connectivity index (χ1n) is 4.92. The Morgan fingerprint density at radius 3 is 2.35 bits per heavy atom. The van der Waals surface area contributed by atoms with E-state index in [9.17, 15) is 0 Å². The van der Waals surface area contributed by atoms with Gasteiger partial charge in [0.1, 0.15) is 17.6 Å². The predicted molar refractivity (Wildman–Crippen MR) is 67.1 cm³/mol. The molecule has 17 heavy (non-hydrogen) atoms. The Morgan fingerprint density at radius 1 is 1.06 bits per heavy atom. The maximum Gasteiger partial charge on any atom is 0.128 e. The monoisotopic (exact) mass is 244 g/mol. The molecule has 0 bridgehead atoms. The first-order chi connectivity index (χ1) is 8.19. The van der Waals surface area contributed by atoms with Crippen molar-refractivity contribution in [1.82, 2.24) is 0 Å². The molecule has 0 aliphatic carbocycles. The van der Waals surface area contributed by atoms with Gasteiger partial charge in [-0.3, -0.25) is 0 Å². The van der Waals surface area contributed by atoms with Crippen LogP contribution in [0.1, 0.15) is 5.56 Å². The van der Waals surface area contributed by atoms with E-state index in [0.717, 1.165) is 0 Å². The fourth-order valence-electron chi connectivity index (χ4n) is 1.33. The van der Waals surface area contributed by atoms with E-state index < -0.39 is 0 Å². The van der Waals surface area contributed by atoms with E-state index in [4.69, 9.17) is 27.3 Å². The highest BCUT2D eigenvalue weighted by Gasteiger charge is 2.02. The molecule has 4 heteroatoms. The molecule has 0 aliphatic rings. The molecule has 0 saturated heterocycles. The number of rotatable bonds is 2. The van der Waals surface area contributed by atoms with Crippen LogP contribution in [0.4, 0.5) is 5.69 Å². The zero-order valence-corrected chi connectivity index (χ0v) is 9.61. The lowest BCUT2D eigenvalue weighted by molar-refractivity contribution is 0.482. The number of hydrogen-bond acceptors (Lipinski definition) is 3. The van der Waals surface area contributed by atoms with Crippen molar-refractivity contribution in [3.63, 3.8) is 0 Å². The second kappa shape index (κ2) is 4.77. The molecule has 2 rings (SSSR count). The topological polar surface area (TPSA) is 59.0 Å². The molecule has 0 heterocycles. The van der Waals surface area contributed by atoms with E-state index in [1.165, 1.54) is 0 Å². The standard InChI is InChI=1S/C13H9ClN2O/c14-10-1-3-11(4-2-10)17-12-5-6-13(16)9(7-12)8-15/h1-7H,16H2. The minimum atomic E-state index is 0.400. The van der Waals surface area contributed by atoms with Crippen LogP contribution in [0.3, 0.4) is 0 Å². The van der Waals surface area contributed by atoms with Crippen LogP contribution in [0, 0.1) is 11.3 Å². The summed E-state index contributed by atoms with van der Waals surface area (Å²) in [6.07, 6.45) is 0. The number of nitrogen functional groups attached to an aromatic ring is 1. The number of anilines is 1. The van der Waals surface area contributed by atoms with Crippen molar-refractivity contribution in [1.29, 1.82) is 5.26 Å². The van der Waals surface area contributed by atoms with E-state index in [-0.39, 0.29) is 0 Å². The minimum Gasteiger partial charge on any atom is -0.457 e. The fraction of sp³-hybridized carbons (Fsp3) is 0. The number of nitriles is 1. The molecule has 0 amide bonds. The predicted octanol–water partition coefficient (Wildman–Crippen LogP) is 3.59. The maximum atomic E-state index is 8.84. The summed E-state index contributed by atoms with van der Waals surface area (Å²) >= 11 is 5.77. The number of ether oxygens (including phenoxy) is 1. The SMILES string of the molecule is N#Cc1cc(Oc2ccc(Cl)cc2)ccc1N. The van der Waals surface area contributed by atoms with Gasteiger partial charge in [-0.15, -0.1) is 0 Å². The molecule has 0 saturated carbocycles. The van der Waals surface area contributed by atoms with E-state index >= 15 is 0 Å². The van der Waals surface area contributed by atoms with Gasteiger partial charge in [0.05, 0.1) is 5.56 Å². The average Bonchev–Trinajstić information content (AvgIpc) is 2.34. The zero-order chi connectivity index (χ0) is 12.3. The van der Waals surface area contributed by atoms with Gasteiger partial charge in [-0.1, -0.05) is 11.6 Å². The Morgan fingerprint density at radius 2 is 1.71 bits per heavy atom. The lowest BCUT2D eigenvalue weighted by Crippen LogP contribution is -1.91. The highest BCUT2D eigenvalue weighted by molar-refractivity contribution is 6.30. The number of benzene rings is 2. The molecule has 2 aromatic rings. The normalized spacial score (nSPS) is 9.65. The van der Waals surface area contributed by atoms with Crippen LogP contribution in [0.2, 0.25) is 5.02 Å². The summed E-state index contributed by atoms with van der Waals surface area (Å²) in [7, 11) is 0. The smallest absolute Gasteiger partial charge is 0.128 e. The Kier molecular flexibility index (Phi) is 3.17. The second-order valence-corrected chi connectivity index (χ2v) is 3.85. The Hall–Kier alpha value is -2.18. The van der Waals surface area contributed by atoms with Crippen molar-refractivity contribution in [2.24, 2.45) is 0 Å². The van der Waals surface area contributed by atoms with Gasteiger partial charge in [-0.05, 0) is 36.4 Å². The van der Waals surface area contributed by atoms with Crippen LogP contribution in [-0.2, 0) is 0 Å². The van der Waals surface area contributed by atoms with Crippen molar-refractivity contribution in [3.8, 4) is 17.6 Å². The van der Waals surface area contributed by atoms with Gasteiger partial charge >= 0.3 is 0 Å². The summed E-state index contributed by atoms with van der Waals surface area (Å²) < 4.78 is 5.57. The van der Waals surface area contributed by atoms with Crippen LogP contribution in [0.15, 0.2) is 42.5 Å². The van der Waals surface area contributed by atoms with Crippen LogP contribution < -0.4 is 10.5 Å². The van der Waals surface area contributed by atoms with E-state index in [1.807, 2.05) is 6.07 Å². The molecule has 2 aromatic carbocycles. The highest BCUT2D eigenvalue weighted by atomic mass is 35.5. The van der Waals surface area contributed by atoms with E-state index in [1.54, 1.807) is 42.5 Å². The first kappa shape index (κ1) is 11.3. The quantitative estimate of drug-likeness (QED) is 0.822. The van der Waals surface area contributed by atoms with E-state index in [2.05, 4.69) is 0 Å². The van der Waals surface area contributed by atoms with Gasteiger partial charge in [0.15, 0.2) is 0 Å². The van der Waals surface area contributed by atoms with E-state index in [0.29, 0.717) is 27.8 Å². The molecule has 0 fully saturated rings. The Bertz CT molecular complexity index is 573.